The summed E-state index contributed by atoms with van der Waals surface area (Å²) in [6.45, 7) is 0.313. The molecule has 0 radical (unpaired) electrons. The van der Waals surface area contributed by atoms with Crippen LogP contribution in [-0.4, -0.2) is 15.9 Å². The molecule has 0 atom stereocenters. The predicted molar refractivity (Wildman–Crippen MR) is 85.6 cm³/mol. The number of amidine groups is 1. The highest BCUT2D eigenvalue weighted by molar-refractivity contribution is 6.35. The molecule has 1 aromatic heterocycles. The summed E-state index contributed by atoms with van der Waals surface area (Å²) in [6.07, 6.45) is 1.53. The van der Waals surface area contributed by atoms with Crippen molar-refractivity contribution in [3.8, 4) is 5.75 Å². The lowest BCUT2D eigenvalue weighted by atomic mass is 10.2. The minimum absolute atomic E-state index is 0.0201. The van der Waals surface area contributed by atoms with Crippen LogP contribution in [0.4, 0.5) is 5.69 Å². The molecule has 114 valence electrons. The van der Waals surface area contributed by atoms with E-state index in [0.29, 0.717) is 28.5 Å². The van der Waals surface area contributed by atoms with E-state index in [1.165, 1.54) is 12.3 Å². The van der Waals surface area contributed by atoms with Crippen molar-refractivity contribution in [3.63, 3.8) is 0 Å². The number of rotatable bonds is 4. The van der Waals surface area contributed by atoms with E-state index < -0.39 is 0 Å². The number of aromatic hydroxyl groups is 1. The summed E-state index contributed by atoms with van der Waals surface area (Å²) in [5.41, 5.74) is 1.59. The molecule has 9 heteroatoms. The molecule has 0 unspecified atom stereocenters. The van der Waals surface area contributed by atoms with Gasteiger partial charge in [0, 0.05) is 17.1 Å². The molecule has 0 fully saturated rings. The van der Waals surface area contributed by atoms with E-state index in [1.54, 1.807) is 18.2 Å². The molecule has 1 heterocycles. The Morgan fingerprint density at radius 1 is 1.36 bits per heavy atom. The van der Waals surface area contributed by atoms with Crippen LogP contribution in [0.2, 0.25) is 10.0 Å². The van der Waals surface area contributed by atoms with Crippen LogP contribution in [-0.2, 0) is 6.54 Å². The molecule has 2 rings (SSSR count). The number of phenolic OH excluding ortho intramolecular Hbond substituents is 1. The van der Waals surface area contributed by atoms with Gasteiger partial charge in [0.2, 0.25) is 0 Å². The average molecular weight is 339 g/mol. The second-order valence-electron chi connectivity index (χ2n) is 4.25. The van der Waals surface area contributed by atoms with Gasteiger partial charge >= 0.3 is 0 Å². The van der Waals surface area contributed by atoms with Crippen LogP contribution in [0.5, 0.6) is 5.75 Å². The first-order valence-electron chi connectivity index (χ1n) is 6.08. The van der Waals surface area contributed by atoms with Crippen LogP contribution in [0.1, 0.15) is 11.3 Å². The van der Waals surface area contributed by atoms with Crippen LogP contribution < -0.4 is 11.2 Å². The molecule has 0 saturated heterocycles. The van der Waals surface area contributed by atoms with E-state index in [2.05, 4.69) is 20.6 Å². The second-order valence-corrected chi connectivity index (χ2v) is 5.09. The van der Waals surface area contributed by atoms with Crippen molar-refractivity contribution >= 4 is 34.7 Å². The summed E-state index contributed by atoms with van der Waals surface area (Å²) in [7, 11) is 0. The smallest absolute Gasteiger partial charge is 0.194 e. The minimum Gasteiger partial charge on any atom is -0.506 e. The molecule has 7 nitrogen and oxygen atoms in total. The maximum absolute atomic E-state index is 9.87. The van der Waals surface area contributed by atoms with Gasteiger partial charge < -0.3 is 16.3 Å². The molecule has 2 aromatic rings. The van der Waals surface area contributed by atoms with Crippen LogP contribution >= 0.6 is 23.2 Å². The maximum Gasteiger partial charge on any atom is 0.194 e. The third-order valence-corrected chi connectivity index (χ3v) is 3.26. The average Bonchev–Trinajstić information content (AvgIpc) is 2.50. The lowest BCUT2D eigenvalue weighted by Crippen LogP contribution is -2.03. The van der Waals surface area contributed by atoms with Crippen molar-refractivity contribution in [2.45, 2.75) is 6.54 Å². The van der Waals surface area contributed by atoms with Gasteiger partial charge in [0.1, 0.15) is 11.4 Å². The Kier molecular flexibility index (Phi) is 5.13. The van der Waals surface area contributed by atoms with E-state index in [0.717, 1.165) is 0 Å². The number of hydrogen-bond acceptors (Lipinski definition) is 5. The van der Waals surface area contributed by atoms with Gasteiger partial charge in [-0.05, 0) is 24.3 Å². The Bertz CT molecular complexity index is 717. The van der Waals surface area contributed by atoms with E-state index in [4.69, 9.17) is 34.5 Å². The number of benzene rings is 1. The molecule has 0 spiro atoms. The number of anilines is 1. The van der Waals surface area contributed by atoms with Gasteiger partial charge in [-0.1, -0.05) is 28.4 Å². The van der Waals surface area contributed by atoms with Crippen LogP contribution in [0, 0.1) is 5.41 Å². The third-order valence-electron chi connectivity index (χ3n) is 2.75. The zero-order valence-electron chi connectivity index (χ0n) is 11.2. The summed E-state index contributed by atoms with van der Waals surface area (Å²) in [4.78, 5) is 4.06. The monoisotopic (exact) mass is 338 g/mol. The second kappa shape index (κ2) is 7.06. The highest BCUT2D eigenvalue weighted by Crippen LogP contribution is 2.31. The summed E-state index contributed by atoms with van der Waals surface area (Å²) < 4.78 is 0. The van der Waals surface area contributed by atoms with Crippen molar-refractivity contribution in [1.29, 1.82) is 5.41 Å². The fourth-order valence-electron chi connectivity index (χ4n) is 1.70. The molecule has 0 aliphatic carbocycles. The Labute approximate surface area is 136 Å². The molecule has 0 aliphatic rings. The number of phenols is 1. The van der Waals surface area contributed by atoms with Gasteiger partial charge in [-0.25, -0.2) is 0 Å². The van der Waals surface area contributed by atoms with Crippen LogP contribution in [0.25, 0.3) is 0 Å². The van der Waals surface area contributed by atoms with Crippen molar-refractivity contribution in [1.82, 2.24) is 4.98 Å². The number of pyridine rings is 1. The molecule has 5 N–H and O–H groups in total. The summed E-state index contributed by atoms with van der Waals surface area (Å²) >= 11 is 11.8. The first-order valence-corrected chi connectivity index (χ1v) is 6.83. The first-order chi connectivity index (χ1) is 10.5. The molecule has 0 amide bonds. The largest absolute Gasteiger partial charge is 0.506 e. The summed E-state index contributed by atoms with van der Waals surface area (Å²) in [6, 6.07) is 6.40. The maximum atomic E-state index is 9.87. The predicted octanol–water partition coefficient (Wildman–Crippen LogP) is 3.36. The molecule has 0 aliphatic heterocycles. The zero-order valence-corrected chi connectivity index (χ0v) is 12.7. The number of hydrogen-bond donors (Lipinski definition) is 4. The standard InChI is InChI=1S/C13H12Cl2N6O/c14-8-3-7(12(22)10(15)4-8)5-18-9-1-2-11(19-6-9)13(16)20-21-17/h1-4,6,18,22H,5H2,(H3,16,17,20). The number of nitrogens with one attached hydrogen (secondary N) is 2. The van der Waals surface area contributed by atoms with E-state index >= 15 is 0 Å². The van der Waals surface area contributed by atoms with E-state index in [9.17, 15) is 5.11 Å². The number of nitrogens with zero attached hydrogens (tertiary/aromatic N) is 3. The van der Waals surface area contributed by atoms with Gasteiger partial charge in [0.15, 0.2) is 5.84 Å². The Morgan fingerprint density at radius 2 is 2.14 bits per heavy atom. The Hall–Kier alpha value is -2.38. The number of halogens is 2. The molecule has 0 bridgehead atoms. The van der Waals surface area contributed by atoms with Gasteiger partial charge in [0.05, 0.1) is 16.9 Å². The van der Waals surface area contributed by atoms with Crippen molar-refractivity contribution in [3.05, 3.63) is 51.8 Å². The number of nitrogens with two attached hydrogens (primary N) is 1. The highest BCUT2D eigenvalue weighted by Gasteiger charge is 2.08. The first kappa shape index (κ1) is 16.0. The Balaban J connectivity index is 2.08. The fraction of sp³-hybridized carbons (Fsp3) is 0.0769. The van der Waals surface area contributed by atoms with Gasteiger partial charge in [0.25, 0.3) is 0 Å². The fourth-order valence-corrected chi connectivity index (χ4v) is 2.23. The SMILES string of the molecule is N=C(N=NN)c1ccc(NCc2cc(Cl)cc(Cl)c2O)cn1. The number of aromatic nitrogens is 1. The minimum atomic E-state index is -0.131. The molecule has 0 saturated carbocycles. The van der Waals surface area contributed by atoms with Crippen molar-refractivity contribution in [2.24, 2.45) is 16.2 Å². The molecule has 1 aromatic carbocycles. The molecular weight excluding hydrogens is 327 g/mol. The summed E-state index contributed by atoms with van der Waals surface area (Å²) in [5, 5.41) is 27.5. The normalized spacial score (nSPS) is 10.8. The van der Waals surface area contributed by atoms with Crippen LogP contribution in [0.3, 0.4) is 0 Å². The highest BCUT2D eigenvalue weighted by atomic mass is 35.5. The van der Waals surface area contributed by atoms with E-state index in [-0.39, 0.29) is 16.6 Å². The van der Waals surface area contributed by atoms with Gasteiger partial charge in [-0.15, -0.1) is 5.11 Å². The van der Waals surface area contributed by atoms with Gasteiger partial charge in [-0.3, -0.25) is 10.4 Å². The van der Waals surface area contributed by atoms with Crippen molar-refractivity contribution in [2.75, 3.05) is 5.32 Å². The summed E-state index contributed by atoms with van der Waals surface area (Å²) in [5.74, 6) is 4.73. The third kappa shape index (κ3) is 3.84. The molecular formula is C13H12Cl2N6O. The van der Waals surface area contributed by atoms with Crippen molar-refractivity contribution < 1.29 is 5.11 Å². The molecule has 22 heavy (non-hydrogen) atoms. The van der Waals surface area contributed by atoms with Gasteiger partial charge in [-0.2, -0.15) is 0 Å². The topological polar surface area (TPSA) is 120 Å². The zero-order chi connectivity index (χ0) is 16.1. The quantitative estimate of drug-likeness (QED) is 0.224. The van der Waals surface area contributed by atoms with E-state index in [1.807, 2.05) is 0 Å². The lowest BCUT2D eigenvalue weighted by molar-refractivity contribution is 0.469. The lowest BCUT2D eigenvalue weighted by Gasteiger charge is -2.10. The Morgan fingerprint density at radius 3 is 2.77 bits per heavy atom. The van der Waals surface area contributed by atoms with Crippen LogP contribution in [0.15, 0.2) is 40.8 Å².